The van der Waals surface area contributed by atoms with Gasteiger partial charge >= 0.3 is 0 Å². The van der Waals surface area contributed by atoms with E-state index in [1.165, 1.54) is 0 Å². The minimum Gasteiger partial charge on any atom is -0.377 e. The molecule has 2 rings (SSSR count). The van der Waals surface area contributed by atoms with Crippen molar-refractivity contribution in [2.45, 2.75) is 32.8 Å². The first-order valence-corrected chi connectivity index (χ1v) is 6.58. The van der Waals surface area contributed by atoms with Crippen LogP contribution in [0, 0.1) is 0 Å². The van der Waals surface area contributed by atoms with Crippen LogP contribution in [0.5, 0.6) is 0 Å². The van der Waals surface area contributed by atoms with E-state index in [0.717, 1.165) is 22.5 Å². The summed E-state index contributed by atoms with van der Waals surface area (Å²) < 4.78 is 5.34. The first-order valence-electron chi connectivity index (χ1n) is 6.58. The summed E-state index contributed by atoms with van der Waals surface area (Å²) >= 11 is 0. The molecule has 3 nitrogen and oxygen atoms in total. The van der Waals surface area contributed by atoms with Crippen molar-refractivity contribution < 1.29 is 4.74 Å². The number of ether oxygens (including phenoxy) is 1. The number of hydrogen-bond acceptors (Lipinski definition) is 3. The highest BCUT2D eigenvalue weighted by Gasteiger charge is 2.07. The van der Waals surface area contributed by atoms with E-state index in [2.05, 4.69) is 36.2 Å². The van der Waals surface area contributed by atoms with Crippen molar-refractivity contribution in [2.24, 2.45) is 0 Å². The van der Waals surface area contributed by atoms with Crippen LogP contribution < -0.4 is 0 Å². The van der Waals surface area contributed by atoms with E-state index in [1.54, 1.807) is 7.11 Å². The van der Waals surface area contributed by atoms with E-state index < -0.39 is 0 Å². The van der Waals surface area contributed by atoms with Crippen LogP contribution in [0.1, 0.15) is 44.1 Å². The van der Waals surface area contributed by atoms with Crippen LogP contribution in [-0.4, -0.2) is 17.3 Å². The lowest BCUT2D eigenvalue weighted by molar-refractivity contribution is 0.119. The molecule has 0 spiro atoms. The normalized spacial score (nSPS) is 12.7. The number of aromatic nitrogens is 2. The van der Waals surface area contributed by atoms with Crippen LogP contribution in [0.15, 0.2) is 36.4 Å². The first kappa shape index (κ1) is 13.7. The van der Waals surface area contributed by atoms with E-state index >= 15 is 0 Å². The van der Waals surface area contributed by atoms with Crippen molar-refractivity contribution in [1.29, 1.82) is 0 Å². The van der Waals surface area contributed by atoms with Crippen molar-refractivity contribution in [3.63, 3.8) is 0 Å². The SMILES string of the molecule is CO[C@@H](C)c1cccc(-c2ccc(C(C)C)nn2)c1. The second-order valence-corrected chi connectivity index (χ2v) is 5.00. The van der Waals surface area contributed by atoms with Gasteiger partial charge in [0.2, 0.25) is 0 Å². The third kappa shape index (κ3) is 3.18. The molecule has 19 heavy (non-hydrogen) atoms. The summed E-state index contributed by atoms with van der Waals surface area (Å²) in [5.41, 5.74) is 4.14. The highest BCUT2D eigenvalue weighted by atomic mass is 16.5. The highest BCUT2D eigenvalue weighted by molar-refractivity contribution is 5.59. The molecular weight excluding hydrogens is 236 g/mol. The minimum absolute atomic E-state index is 0.0860. The molecule has 1 aromatic heterocycles. The van der Waals surface area contributed by atoms with Crippen LogP contribution in [0.3, 0.4) is 0 Å². The molecule has 3 heteroatoms. The molecule has 0 unspecified atom stereocenters. The molecule has 100 valence electrons. The van der Waals surface area contributed by atoms with Crippen LogP contribution in [0.4, 0.5) is 0 Å². The molecule has 0 saturated heterocycles. The van der Waals surface area contributed by atoms with Crippen LogP contribution in [0.25, 0.3) is 11.3 Å². The van der Waals surface area contributed by atoms with Crippen LogP contribution >= 0.6 is 0 Å². The molecule has 0 N–H and O–H groups in total. The van der Waals surface area contributed by atoms with Gasteiger partial charge in [-0.1, -0.05) is 32.0 Å². The van der Waals surface area contributed by atoms with Crippen molar-refractivity contribution in [3.05, 3.63) is 47.7 Å². The van der Waals surface area contributed by atoms with Crippen molar-refractivity contribution in [3.8, 4) is 11.3 Å². The Kier molecular flexibility index (Phi) is 4.27. The maximum Gasteiger partial charge on any atom is 0.0929 e. The summed E-state index contributed by atoms with van der Waals surface area (Å²) in [4.78, 5) is 0. The van der Waals surface area contributed by atoms with E-state index in [-0.39, 0.29) is 6.10 Å². The zero-order chi connectivity index (χ0) is 13.8. The fourth-order valence-corrected chi connectivity index (χ4v) is 1.89. The van der Waals surface area contributed by atoms with Gasteiger partial charge in [-0.25, -0.2) is 0 Å². The molecule has 1 heterocycles. The molecule has 0 radical (unpaired) electrons. The topological polar surface area (TPSA) is 35.0 Å². The minimum atomic E-state index is 0.0860. The Morgan fingerprint density at radius 1 is 1.00 bits per heavy atom. The molecule has 1 aromatic carbocycles. The molecule has 0 amide bonds. The van der Waals surface area contributed by atoms with E-state index in [9.17, 15) is 0 Å². The van der Waals surface area contributed by atoms with Crippen molar-refractivity contribution in [1.82, 2.24) is 10.2 Å². The fraction of sp³-hybridized carbons (Fsp3) is 0.375. The molecule has 0 aliphatic heterocycles. The highest BCUT2D eigenvalue weighted by Crippen LogP contribution is 2.23. The number of benzene rings is 1. The van der Waals surface area contributed by atoms with E-state index in [0.29, 0.717) is 5.92 Å². The Morgan fingerprint density at radius 3 is 2.37 bits per heavy atom. The molecule has 0 aliphatic rings. The smallest absolute Gasteiger partial charge is 0.0929 e. The quantitative estimate of drug-likeness (QED) is 0.830. The summed E-state index contributed by atoms with van der Waals surface area (Å²) in [6.07, 6.45) is 0.0860. The van der Waals surface area contributed by atoms with Gasteiger partial charge < -0.3 is 4.74 Å². The molecular formula is C16H20N2O. The number of nitrogens with zero attached hydrogens (tertiary/aromatic N) is 2. The van der Waals surface area contributed by atoms with Crippen molar-refractivity contribution >= 4 is 0 Å². The second-order valence-electron chi connectivity index (χ2n) is 5.00. The van der Waals surface area contributed by atoms with Gasteiger partial charge in [0.05, 0.1) is 17.5 Å². The molecule has 0 aliphatic carbocycles. The molecule has 1 atom stereocenters. The Bertz CT molecular complexity index is 535. The summed E-state index contributed by atoms with van der Waals surface area (Å²) in [6, 6.07) is 12.3. The zero-order valence-corrected chi connectivity index (χ0v) is 11.9. The Hall–Kier alpha value is -1.74. The van der Waals surface area contributed by atoms with Gasteiger partial charge in [-0.15, -0.1) is 0 Å². The lowest BCUT2D eigenvalue weighted by Crippen LogP contribution is -1.98. The van der Waals surface area contributed by atoms with Gasteiger partial charge in [0.1, 0.15) is 0 Å². The van der Waals surface area contributed by atoms with E-state index in [4.69, 9.17) is 4.74 Å². The van der Waals surface area contributed by atoms with Crippen LogP contribution in [0.2, 0.25) is 0 Å². The summed E-state index contributed by atoms with van der Waals surface area (Å²) in [5, 5.41) is 8.57. The molecule has 0 saturated carbocycles. The van der Waals surface area contributed by atoms with Gasteiger partial charge in [-0.3, -0.25) is 0 Å². The maximum absolute atomic E-state index is 5.34. The molecule has 0 fully saturated rings. The van der Waals surface area contributed by atoms with Gasteiger partial charge in [0.25, 0.3) is 0 Å². The lowest BCUT2D eigenvalue weighted by Gasteiger charge is -2.11. The predicted octanol–water partition coefficient (Wildman–Crippen LogP) is 3.97. The Labute approximate surface area is 114 Å². The third-order valence-corrected chi connectivity index (χ3v) is 3.28. The average Bonchev–Trinajstić information content (AvgIpc) is 2.46. The lowest BCUT2D eigenvalue weighted by atomic mass is 10.0. The molecule has 0 bridgehead atoms. The fourth-order valence-electron chi connectivity index (χ4n) is 1.89. The first-order chi connectivity index (χ1) is 9.11. The monoisotopic (exact) mass is 256 g/mol. The van der Waals surface area contributed by atoms with E-state index in [1.807, 2.05) is 31.2 Å². The van der Waals surface area contributed by atoms with Crippen LogP contribution in [-0.2, 0) is 4.74 Å². The van der Waals surface area contributed by atoms with Crippen molar-refractivity contribution in [2.75, 3.05) is 7.11 Å². The summed E-state index contributed by atoms with van der Waals surface area (Å²) in [7, 11) is 1.72. The molecule has 2 aromatic rings. The summed E-state index contributed by atoms with van der Waals surface area (Å²) in [5.74, 6) is 0.404. The number of hydrogen-bond donors (Lipinski definition) is 0. The maximum atomic E-state index is 5.34. The number of rotatable bonds is 4. The predicted molar refractivity (Wildman–Crippen MR) is 77.0 cm³/mol. The standard InChI is InChI=1S/C16H20N2O/c1-11(2)15-8-9-16(18-17-15)14-7-5-6-13(10-14)12(3)19-4/h5-12H,1-4H3/t12-/m0/s1. The zero-order valence-electron chi connectivity index (χ0n) is 11.9. The Balaban J connectivity index is 2.31. The second kappa shape index (κ2) is 5.93. The van der Waals surface area contributed by atoms with Gasteiger partial charge in [0.15, 0.2) is 0 Å². The van der Waals surface area contributed by atoms with Gasteiger partial charge in [0, 0.05) is 12.7 Å². The van der Waals surface area contributed by atoms with Gasteiger partial charge in [-0.05, 0) is 36.6 Å². The largest absolute Gasteiger partial charge is 0.377 e. The Morgan fingerprint density at radius 2 is 1.79 bits per heavy atom. The van der Waals surface area contributed by atoms with Gasteiger partial charge in [-0.2, -0.15) is 10.2 Å². The number of methoxy groups -OCH3 is 1. The summed E-state index contributed by atoms with van der Waals surface area (Å²) in [6.45, 7) is 6.27. The third-order valence-electron chi connectivity index (χ3n) is 3.28. The average molecular weight is 256 g/mol.